The van der Waals surface area contributed by atoms with Crippen LogP contribution < -0.4 is 16.5 Å². The molecule has 0 unspecified atom stereocenters. The molecule has 0 aliphatic heterocycles. The number of nitrogens with two attached hydrogens (primary N) is 1. The number of amides is 3. The molecule has 9 heteroatoms. The van der Waals surface area contributed by atoms with Gasteiger partial charge in [0.25, 0.3) is 0 Å². The molecule has 1 aromatic heterocycles. The van der Waals surface area contributed by atoms with E-state index in [0.717, 1.165) is 37.4 Å². The van der Waals surface area contributed by atoms with Gasteiger partial charge < -0.3 is 11.2 Å². The number of nitrogen functional groups attached to an aromatic ring is 1. The first-order valence-electron chi connectivity index (χ1n) is 7.42. The molecule has 3 amide bonds. The second kappa shape index (κ2) is 7.48. The maximum atomic E-state index is 12.0. The number of hydrogen-bond acceptors (Lipinski definition) is 6. The normalized spacial score (nSPS) is 17.0. The quantitative estimate of drug-likeness (QED) is 0.560. The van der Waals surface area contributed by atoms with E-state index in [9.17, 15) is 9.59 Å². The summed E-state index contributed by atoms with van der Waals surface area (Å²) in [5.74, 6) is 5.92. The summed E-state index contributed by atoms with van der Waals surface area (Å²) in [6.45, 7) is 3.41. The summed E-state index contributed by atoms with van der Waals surface area (Å²) in [5, 5.41) is 12.9. The highest BCUT2D eigenvalue weighted by Gasteiger charge is 2.22. The van der Waals surface area contributed by atoms with Crippen molar-refractivity contribution >= 4 is 23.7 Å². The smallest absolute Gasteiger partial charge is 0.321 e. The van der Waals surface area contributed by atoms with Crippen LogP contribution in [0, 0.1) is 6.92 Å². The van der Waals surface area contributed by atoms with E-state index in [1.54, 1.807) is 13.8 Å². The van der Waals surface area contributed by atoms with Gasteiger partial charge in [-0.15, -0.1) is 10.2 Å². The summed E-state index contributed by atoms with van der Waals surface area (Å²) in [7, 11) is 0. The summed E-state index contributed by atoms with van der Waals surface area (Å²) < 4.78 is 1.32. The lowest BCUT2D eigenvalue weighted by molar-refractivity contribution is -0.119. The predicted octanol–water partition coefficient (Wildman–Crippen LogP) is 0.939. The number of aryl methyl sites for hydroxylation is 1. The zero-order chi connectivity index (χ0) is 16.1. The fraction of sp³-hybridized carbons (Fsp3) is 0.692. The van der Waals surface area contributed by atoms with Crippen LogP contribution in [0.4, 0.5) is 4.79 Å². The van der Waals surface area contributed by atoms with Gasteiger partial charge in [0.1, 0.15) is 5.82 Å². The van der Waals surface area contributed by atoms with Crippen LogP contribution >= 0.6 is 11.8 Å². The summed E-state index contributed by atoms with van der Waals surface area (Å²) in [5.41, 5.74) is 0. The minimum atomic E-state index is -0.497. The summed E-state index contributed by atoms with van der Waals surface area (Å²) in [6.07, 6.45) is 5.40. The lowest BCUT2D eigenvalue weighted by atomic mass is 9.96. The van der Waals surface area contributed by atoms with Crippen molar-refractivity contribution in [1.29, 1.82) is 0 Å². The van der Waals surface area contributed by atoms with E-state index in [0.29, 0.717) is 11.0 Å². The molecule has 2 rings (SSSR count). The van der Waals surface area contributed by atoms with Crippen LogP contribution in [0.25, 0.3) is 0 Å². The van der Waals surface area contributed by atoms with Crippen LogP contribution in [-0.2, 0) is 4.79 Å². The Bertz CT molecular complexity index is 541. The van der Waals surface area contributed by atoms with Crippen molar-refractivity contribution in [1.82, 2.24) is 25.5 Å². The fourth-order valence-corrected chi connectivity index (χ4v) is 3.14. The number of thioether (sulfide) groups is 1. The van der Waals surface area contributed by atoms with Crippen molar-refractivity contribution in [2.24, 2.45) is 0 Å². The van der Waals surface area contributed by atoms with E-state index < -0.39 is 11.3 Å². The minimum Gasteiger partial charge on any atom is -0.336 e. The van der Waals surface area contributed by atoms with Gasteiger partial charge in [-0.2, -0.15) is 0 Å². The number of urea groups is 1. The Kier molecular flexibility index (Phi) is 5.64. The lowest BCUT2D eigenvalue weighted by Crippen LogP contribution is -2.47. The molecule has 1 atom stereocenters. The SMILES string of the molecule is Cc1nnc(S[C@H](C)C(=O)NC(=O)NC2CCCCC2)n1N. The van der Waals surface area contributed by atoms with Gasteiger partial charge in [0.15, 0.2) is 0 Å². The molecule has 0 bridgehead atoms. The van der Waals surface area contributed by atoms with Crippen LogP contribution in [-0.4, -0.2) is 38.1 Å². The predicted molar refractivity (Wildman–Crippen MR) is 83.8 cm³/mol. The number of nitrogens with one attached hydrogen (secondary N) is 2. The van der Waals surface area contributed by atoms with Crippen LogP contribution in [0.1, 0.15) is 44.9 Å². The molecule has 1 fully saturated rings. The highest BCUT2D eigenvalue weighted by molar-refractivity contribution is 8.00. The van der Waals surface area contributed by atoms with E-state index in [1.165, 1.54) is 11.1 Å². The van der Waals surface area contributed by atoms with Gasteiger partial charge in [0.2, 0.25) is 11.1 Å². The lowest BCUT2D eigenvalue weighted by Gasteiger charge is -2.22. The number of aromatic nitrogens is 3. The first-order valence-corrected chi connectivity index (χ1v) is 8.30. The van der Waals surface area contributed by atoms with E-state index in [-0.39, 0.29) is 11.9 Å². The molecule has 0 spiro atoms. The first-order chi connectivity index (χ1) is 10.5. The van der Waals surface area contributed by atoms with Gasteiger partial charge in [-0.25, -0.2) is 9.47 Å². The molecule has 8 nitrogen and oxygen atoms in total. The molecule has 1 aromatic rings. The van der Waals surface area contributed by atoms with Crippen LogP contribution in [0.15, 0.2) is 5.16 Å². The van der Waals surface area contributed by atoms with Crippen molar-refractivity contribution in [3.05, 3.63) is 5.82 Å². The molecular weight excluding hydrogens is 304 g/mol. The summed E-state index contributed by atoms with van der Waals surface area (Å²) in [6, 6.07) is -0.269. The number of rotatable bonds is 4. The number of nitrogens with zero attached hydrogens (tertiary/aromatic N) is 3. The van der Waals surface area contributed by atoms with Crippen molar-refractivity contribution in [3.63, 3.8) is 0 Å². The fourth-order valence-electron chi connectivity index (χ4n) is 2.32. The third-order valence-electron chi connectivity index (χ3n) is 3.66. The topological polar surface area (TPSA) is 115 Å². The molecule has 1 saturated carbocycles. The van der Waals surface area contributed by atoms with Gasteiger partial charge in [0, 0.05) is 6.04 Å². The molecule has 1 aliphatic carbocycles. The maximum Gasteiger partial charge on any atom is 0.321 e. The Balaban J connectivity index is 1.80. The van der Waals surface area contributed by atoms with Gasteiger partial charge in [0.05, 0.1) is 5.25 Å². The average Bonchev–Trinajstić information content (AvgIpc) is 2.80. The third-order valence-corrected chi connectivity index (χ3v) is 4.72. The second-order valence-electron chi connectivity index (χ2n) is 5.46. The molecule has 0 radical (unpaired) electrons. The molecule has 122 valence electrons. The van der Waals surface area contributed by atoms with Crippen molar-refractivity contribution in [2.75, 3.05) is 5.84 Å². The standard InChI is InChI=1S/C13H22N6O2S/c1-8(22-13-18-17-9(2)19(13)14)11(20)16-12(21)15-10-6-4-3-5-7-10/h8,10H,3-7,14H2,1-2H3,(H2,15,16,20,21)/t8-/m1/s1. The van der Waals surface area contributed by atoms with Crippen molar-refractivity contribution in [3.8, 4) is 0 Å². The molecular formula is C13H22N6O2S. The number of hydrogen-bond donors (Lipinski definition) is 3. The molecule has 4 N–H and O–H groups in total. The average molecular weight is 326 g/mol. The van der Waals surface area contributed by atoms with E-state index >= 15 is 0 Å². The van der Waals surface area contributed by atoms with Crippen LogP contribution in [0.5, 0.6) is 0 Å². The molecule has 1 heterocycles. The van der Waals surface area contributed by atoms with Crippen LogP contribution in [0.2, 0.25) is 0 Å². The highest BCUT2D eigenvalue weighted by atomic mass is 32.2. The zero-order valence-corrected chi connectivity index (χ0v) is 13.7. The number of carbonyl (C=O) groups excluding carboxylic acids is 2. The maximum absolute atomic E-state index is 12.0. The van der Waals surface area contributed by atoms with E-state index in [4.69, 9.17) is 5.84 Å². The van der Waals surface area contributed by atoms with E-state index in [2.05, 4.69) is 20.8 Å². The Morgan fingerprint density at radius 1 is 1.32 bits per heavy atom. The van der Waals surface area contributed by atoms with Crippen molar-refractivity contribution in [2.45, 2.75) is 62.4 Å². The van der Waals surface area contributed by atoms with Crippen LogP contribution in [0.3, 0.4) is 0 Å². The van der Waals surface area contributed by atoms with Gasteiger partial charge in [-0.05, 0) is 26.7 Å². The molecule has 0 aromatic carbocycles. The first kappa shape index (κ1) is 16.6. The third kappa shape index (κ3) is 4.36. The largest absolute Gasteiger partial charge is 0.336 e. The Morgan fingerprint density at radius 3 is 2.59 bits per heavy atom. The molecule has 1 aliphatic rings. The van der Waals surface area contributed by atoms with Gasteiger partial charge in [-0.1, -0.05) is 31.0 Å². The Hall–Kier alpha value is -1.77. The second-order valence-corrected chi connectivity index (χ2v) is 6.77. The van der Waals surface area contributed by atoms with Gasteiger partial charge in [-0.3, -0.25) is 10.1 Å². The van der Waals surface area contributed by atoms with E-state index in [1.807, 2.05) is 0 Å². The molecule has 22 heavy (non-hydrogen) atoms. The number of carbonyl (C=O) groups is 2. The monoisotopic (exact) mass is 326 g/mol. The molecule has 0 saturated heterocycles. The summed E-state index contributed by atoms with van der Waals surface area (Å²) in [4.78, 5) is 23.9. The highest BCUT2D eigenvalue weighted by Crippen LogP contribution is 2.20. The zero-order valence-electron chi connectivity index (χ0n) is 12.8. The number of imide groups is 1. The Labute approximate surface area is 133 Å². The van der Waals surface area contributed by atoms with Crippen molar-refractivity contribution < 1.29 is 9.59 Å². The minimum absolute atomic E-state index is 0.166. The summed E-state index contributed by atoms with van der Waals surface area (Å²) >= 11 is 1.16. The Morgan fingerprint density at radius 2 is 2.00 bits per heavy atom. The van der Waals surface area contributed by atoms with Gasteiger partial charge >= 0.3 is 6.03 Å².